The zero-order valence-corrected chi connectivity index (χ0v) is 19.3. The van der Waals surface area contributed by atoms with Gasteiger partial charge >= 0.3 is 0 Å². The van der Waals surface area contributed by atoms with E-state index in [1.54, 1.807) is 23.9 Å². The summed E-state index contributed by atoms with van der Waals surface area (Å²) in [5, 5.41) is 0. The molecule has 0 unspecified atom stereocenters. The number of benzene rings is 2. The Kier molecular flexibility index (Phi) is 5.95. The van der Waals surface area contributed by atoms with Gasteiger partial charge in [0.1, 0.15) is 11.6 Å². The molecule has 0 saturated carbocycles. The number of hydrogen-bond acceptors (Lipinski definition) is 7. The molecule has 0 atom stereocenters. The van der Waals surface area contributed by atoms with Crippen molar-refractivity contribution >= 4 is 23.4 Å². The number of nitrogens with zero attached hydrogens (tertiary/aromatic N) is 6. The number of hydrogen-bond donors (Lipinski definition) is 0. The standard InChI is InChI=1S/C26H26N6O2/c1-3-30(20-8-5-4-6-9-20)25-27-15-14-23(29-25)31-16-7-17-32-24(33)18-22(28-26(31)32)19-10-12-21(34-2)13-11-19/h4-6,8-15,18H,3,7,16-17H2,1-2H3. The van der Waals surface area contributed by atoms with Crippen LogP contribution in [-0.4, -0.2) is 39.7 Å². The third-order valence-corrected chi connectivity index (χ3v) is 5.91. The maximum Gasteiger partial charge on any atom is 0.255 e. The number of para-hydroxylation sites is 1. The summed E-state index contributed by atoms with van der Waals surface area (Å²) < 4.78 is 6.97. The second kappa shape index (κ2) is 9.35. The Morgan fingerprint density at radius 2 is 1.79 bits per heavy atom. The molecule has 5 rings (SSSR count). The van der Waals surface area contributed by atoms with Gasteiger partial charge in [0.2, 0.25) is 11.9 Å². The highest BCUT2D eigenvalue weighted by Crippen LogP contribution is 2.30. The molecule has 3 heterocycles. The van der Waals surface area contributed by atoms with Gasteiger partial charge in [0.05, 0.1) is 12.8 Å². The fourth-order valence-electron chi connectivity index (χ4n) is 4.19. The maximum atomic E-state index is 13.0. The van der Waals surface area contributed by atoms with Crippen molar-refractivity contribution in [2.45, 2.75) is 19.9 Å². The highest BCUT2D eigenvalue weighted by Gasteiger charge is 2.24. The van der Waals surface area contributed by atoms with Crippen molar-refractivity contribution in [3.63, 3.8) is 0 Å². The van der Waals surface area contributed by atoms with Crippen LogP contribution in [0.1, 0.15) is 13.3 Å². The minimum atomic E-state index is -0.0748. The Hall–Kier alpha value is -4.20. The van der Waals surface area contributed by atoms with Gasteiger partial charge in [-0.2, -0.15) is 4.98 Å². The van der Waals surface area contributed by atoms with Crippen molar-refractivity contribution in [2.24, 2.45) is 0 Å². The lowest BCUT2D eigenvalue weighted by Gasteiger charge is -2.31. The van der Waals surface area contributed by atoms with Crippen molar-refractivity contribution < 1.29 is 4.74 Å². The summed E-state index contributed by atoms with van der Waals surface area (Å²) in [5.74, 6) is 2.67. The molecule has 0 N–H and O–H groups in total. The first kappa shape index (κ1) is 21.6. The van der Waals surface area contributed by atoms with E-state index in [0.29, 0.717) is 36.5 Å². The predicted octanol–water partition coefficient (Wildman–Crippen LogP) is 4.41. The van der Waals surface area contributed by atoms with Crippen LogP contribution in [0.5, 0.6) is 5.75 Å². The number of rotatable bonds is 6. The molecular weight excluding hydrogens is 428 g/mol. The SMILES string of the molecule is CCN(c1ccccc1)c1nccc(N2CCCn3c2nc(-c2ccc(OC)cc2)cc3=O)n1. The van der Waals surface area contributed by atoms with Gasteiger partial charge in [-0.3, -0.25) is 14.3 Å². The van der Waals surface area contributed by atoms with Crippen LogP contribution in [0.2, 0.25) is 0 Å². The lowest BCUT2D eigenvalue weighted by Crippen LogP contribution is -2.36. The molecule has 0 aliphatic carbocycles. The Morgan fingerprint density at radius 3 is 2.53 bits per heavy atom. The van der Waals surface area contributed by atoms with E-state index in [9.17, 15) is 4.79 Å². The number of fused-ring (bicyclic) bond motifs is 1. The molecule has 8 heteroatoms. The van der Waals surface area contributed by atoms with E-state index >= 15 is 0 Å². The number of ether oxygens (including phenoxy) is 1. The maximum absolute atomic E-state index is 13.0. The molecule has 8 nitrogen and oxygen atoms in total. The third-order valence-electron chi connectivity index (χ3n) is 5.91. The molecule has 1 aliphatic rings. The van der Waals surface area contributed by atoms with Crippen LogP contribution in [0.25, 0.3) is 11.3 Å². The molecule has 0 bridgehead atoms. The van der Waals surface area contributed by atoms with Crippen molar-refractivity contribution in [1.82, 2.24) is 19.5 Å². The first-order chi connectivity index (χ1) is 16.7. The largest absolute Gasteiger partial charge is 0.497 e. The van der Waals surface area contributed by atoms with Crippen LogP contribution >= 0.6 is 0 Å². The lowest BCUT2D eigenvalue weighted by atomic mass is 10.1. The normalized spacial score (nSPS) is 12.8. The fraction of sp³-hybridized carbons (Fsp3) is 0.231. The van der Waals surface area contributed by atoms with Crippen molar-refractivity contribution in [3.05, 3.63) is 83.3 Å². The number of anilines is 4. The lowest BCUT2D eigenvalue weighted by molar-refractivity contribution is 0.415. The molecule has 0 amide bonds. The molecule has 0 spiro atoms. The van der Waals surface area contributed by atoms with Crippen molar-refractivity contribution in [3.8, 4) is 17.0 Å². The van der Waals surface area contributed by atoms with E-state index in [0.717, 1.165) is 30.0 Å². The monoisotopic (exact) mass is 454 g/mol. The second-order valence-electron chi connectivity index (χ2n) is 7.96. The highest BCUT2D eigenvalue weighted by molar-refractivity contribution is 5.65. The summed E-state index contributed by atoms with van der Waals surface area (Å²) in [6.07, 6.45) is 2.58. The quantitative estimate of drug-likeness (QED) is 0.427. The van der Waals surface area contributed by atoms with Crippen LogP contribution in [0, 0.1) is 0 Å². The highest BCUT2D eigenvalue weighted by atomic mass is 16.5. The van der Waals surface area contributed by atoms with E-state index in [1.807, 2.05) is 65.6 Å². The Bertz CT molecular complexity index is 1340. The fourth-order valence-corrected chi connectivity index (χ4v) is 4.19. The first-order valence-electron chi connectivity index (χ1n) is 11.4. The van der Waals surface area contributed by atoms with Gasteiger partial charge in [-0.1, -0.05) is 18.2 Å². The molecular formula is C26H26N6O2. The third kappa shape index (κ3) is 4.10. The topological polar surface area (TPSA) is 76.4 Å². The van der Waals surface area contributed by atoms with Crippen LogP contribution in [0.15, 0.2) is 77.7 Å². The minimum Gasteiger partial charge on any atom is -0.497 e. The van der Waals surface area contributed by atoms with Gasteiger partial charge < -0.3 is 9.64 Å². The molecule has 172 valence electrons. The Morgan fingerprint density at radius 1 is 1.00 bits per heavy atom. The molecule has 2 aromatic heterocycles. The summed E-state index contributed by atoms with van der Waals surface area (Å²) in [7, 11) is 1.63. The van der Waals surface area contributed by atoms with Gasteiger partial charge in [-0.25, -0.2) is 9.97 Å². The zero-order valence-electron chi connectivity index (χ0n) is 19.3. The predicted molar refractivity (Wildman–Crippen MR) is 133 cm³/mol. The summed E-state index contributed by atoms with van der Waals surface area (Å²) in [6.45, 7) is 4.14. The average molecular weight is 455 g/mol. The molecule has 0 fully saturated rings. The number of methoxy groups -OCH3 is 1. The van der Waals surface area contributed by atoms with Crippen LogP contribution in [0.3, 0.4) is 0 Å². The molecule has 0 radical (unpaired) electrons. The first-order valence-corrected chi connectivity index (χ1v) is 11.4. The van der Waals surface area contributed by atoms with Gasteiger partial charge in [0.15, 0.2) is 0 Å². The zero-order chi connectivity index (χ0) is 23.5. The van der Waals surface area contributed by atoms with E-state index in [2.05, 4.69) is 16.8 Å². The smallest absolute Gasteiger partial charge is 0.255 e. The van der Waals surface area contributed by atoms with Crippen LogP contribution in [-0.2, 0) is 6.54 Å². The van der Waals surface area contributed by atoms with E-state index in [4.69, 9.17) is 14.7 Å². The van der Waals surface area contributed by atoms with Gasteiger partial charge in [0.25, 0.3) is 5.56 Å². The van der Waals surface area contributed by atoms with Crippen molar-refractivity contribution in [2.75, 3.05) is 30.0 Å². The molecule has 1 aliphatic heterocycles. The summed E-state index contributed by atoms with van der Waals surface area (Å²) in [4.78, 5) is 31.3. The van der Waals surface area contributed by atoms with Gasteiger partial charge in [-0.15, -0.1) is 0 Å². The van der Waals surface area contributed by atoms with Gasteiger partial charge in [-0.05, 0) is 55.8 Å². The van der Waals surface area contributed by atoms with E-state index in [1.165, 1.54) is 0 Å². The van der Waals surface area contributed by atoms with Crippen LogP contribution < -0.4 is 20.1 Å². The summed E-state index contributed by atoms with van der Waals surface area (Å²) in [5.41, 5.74) is 2.43. The minimum absolute atomic E-state index is 0.0748. The molecule has 0 saturated heterocycles. The van der Waals surface area contributed by atoms with Crippen LogP contribution in [0.4, 0.5) is 23.4 Å². The van der Waals surface area contributed by atoms with E-state index in [-0.39, 0.29) is 5.56 Å². The molecule has 4 aromatic rings. The Labute approximate surface area is 198 Å². The Balaban J connectivity index is 1.55. The average Bonchev–Trinajstić information content (AvgIpc) is 2.90. The summed E-state index contributed by atoms with van der Waals surface area (Å²) >= 11 is 0. The molecule has 2 aromatic carbocycles. The van der Waals surface area contributed by atoms with E-state index < -0.39 is 0 Å². The van der Waals surface area contributed by atoms with Gasteiger partial charge in [0, 0.05) is 43.1 Å². The number of aromatic nitrogens is 4. The molecule has 34 heavy (non-hydrogen) atoms. The van der Waals surface area contributed by atoms with Crippen molar-refractivity contribution in [1.29, 1.82) is 0 Å². The summed E-state index contributed by atoms with van der Waals surface area (Å²) in [6, 6.07) is 21.1. The second-order valence-corrected chi connectivity index (χ2v) is 7.96.